The highest BCUT2D eigenvalue weighted by Gasteiger charge is 2.26. The molecule has 1 aromatic rings. The molecule has 2 nitrogen and oxygen atoms in total. The van der Waals surface area contributed by atoms with Crippen molar-refractivity contribution in [1.29, 1.82) is 5.26 Å². The molecule has 0 saturated heterocycles. The number of rotatable bonds is 1. The number of nitrogens with zero attached hydrogens (tertiary/aromatic N) is 1. The average molecular weight is 189 g/mol. The maximum absolute atomic E-state index is 9.89. The lowest BCUT2D eigenvalue weighted by atomic mass is 9.88. The van der Waals surface area contributed by atoms with Gasteiger partial charge in [-0.3, -0.25) is 0 Å². The van der Waals surface area contributed by atoms with Gasteiger partial charge in [-0.25, -0.2) is 0 Å². The van der Waals surface area contributed by atoms with Gasteiger partial charge in [-0.1, -0.05) is 17.7 Å². The quantitative estimate of drug-likeness (QED) is 0.689. The van der Waals surface area contributed by atoms with Gasteiger partial charge in [-0.05, 0) is 38.8 Å². The van der Waals surface area contributed by atoms with Crippen molar-refractivity contribution in [2.75, 3.05) is 0 Å². The van der Waals surface area contributed by atoms with E-state index in [0.29, 0.717) is 0 Å². The Morgan fingerprint density at radius 3 is 2.00 bits per heavy atom. The topological polar surface area (TPSA) is 44.0 Å². The van der Waals surface area contributed by atoms with Gasteiger partial charge in [-0.15, -0.1) is 0 Å². The number of hydrogen-bond acceptors (Lipinski definition) is 2. The van der Waals surface area contributed by atoms with E-state index in [1.54, 1.807) is 0 Å². The van der Waals surface area contributed by atoms with Crippen molar-refractivity contribution in [2.45, 2.75) is 33.3 Å². The maximum atomic E-state index is 9.89. The van der Waals surface area contributed by atoms with E-state index < -0.39 is 5.60 Å². The number of hydrogen-bond donors (Lipinski definition) is 1. The highest BCUT2D eigenvalue weighted by molar-refractivity contribution is 5.43. The number of benzene rings is 1. The molecular weight excluding hydrogens is 174 g/mol. The lowest BCUT2D eigenvalue weighted by Crippen LogP contribution is -2.21. The van der Waals surface area contributed by atoms with Crippen molar-refractivity contribution >= 4 is 0 Å². The van der Waals surface area contributed by atoms with E-state index in [1.165, 1.54) is 6.92 Å². The Labute approximate surface area is 84.8 Å². The Kier molecular flexibility index (Phi) is 2.64. The highest BCUT2D eigenvalue weighted by atomic mass is 16.3. The molecular formula is C12H15NO. The fourth-order valence-electron chi connectivity index (χ4n) is 2.00. The molecule has 0 aliphatic carbocycles. The SMILES string of the molecule is Cc1cc(C)c(C(C)(O)C#N)c(C)c1. The molecule has 0 amide bonds. The van der Waals surface area contributed by atoms with Crippen LogP contribution in [0.1, 0.15) is 29.2 Å². The van der Waals surface area contributed by atoms with Gasteiger partial charge in [0.15, 0.2) is 5.60 Å². The van der Waals surface area contributed by atoms with Gasteiger partial charge in [0.1, 0.15) is 6.07 Å². The molecule has 0 aliphatic heterocycles. The first-order valence-electron chi connectivity index (χ1n) is 4.60. The summed E-state index contributed by atoms with van der Waals surface area (Å²) in [5, 5.41) is 18.8. The van der Waals surface area contributed by atoms with Crippen molar-refractivity contribution < 1.29 is 5.11 Å². The van der Waals surface area contributed by atoms with Gasteiger partial charge < -0.3 is 5.11 Å². The van der Waals surface area contributed by atoms with E-state index in [2.05, 4.69) is 0 Å². The molecule has 1 aromatic carbocycles. The van der Waals surface area contributed by atoms with Gasteiger partial charge in [0.2, 0.25) is 0 Å². The number of aliphatic hydroxyl groups is 1. The van der Waals surface area contributed by atoms with E-state index in [4.69, 9.17) is 5.26 Å². The van der Waals surface area contributed by atoms with Crippen LogP contribution < -0.4 is 0 Å². The Hall–Kier alpha value is -1.33. The molecule has 0 fully saturated rings. The molecule has 14 heavy (non-hydrogen) atoms. The summed E-state index contributed by atoms with van der Waals surface area (Å²) in [6.07, 6.45) is 0. The molecule has 0 bridgehead atoms. The Morgan fingerprint density at radius 2 is 1.64 bits per heavy atom. The van der Waals surface area contributed by atoms with Crippen LogP contribution in [-0.2, 0) is 5.60 Å². The fourth-order valence-corrected chi connectivity index (χ4v) is 2.00. The smallest absolute Gasteiger partial charge is 0.174 e. The van der Waals surface area contributed by atoms with Crippen LogP contribution in [0.2, 0.25) is 0 Å². The van der Waals surface area contributed by atoms with Crippen molar-refractivity contribution in [2.24, 2.45) is 0 Å². The zero-order valence-electron chi connectivity index (χ0n) is 9.05. The van der Waals surface area contributed by atoms with Crippen molar-refractivity contribution in [3.63, 3.8) is 0 Å². The molecule has 1 unspecified atom stereocenters. The van der Waals surface area contributed by atoms with Gasteiger partial charge in [0.05, 0.1) is 0 Å². The molecule has 0 heterocycles. The lowest BCUT2D eigenvalue weighted by Gasteiger charge is -2.20. The predicted molar refractivity (Wildman–Crippen MR) is 55.8 cm³/mol. The molecule has 1 N–H and O–H groups in total. The maximum Gasteiger partial charge on any atom is 0.174 e. The average Bonchev–Trinajstić information content (AvgIpc) is 2.01. The zero-order chi connectivity index (χ0) is 10.9. The third kappa shape index (κ3) is 1.78. The van der Waals surface area contributed by atoms with E-state index in [-0.39, 0.29) is 0 Å². The van der Waals surface area contributed by atoms with Crippen LogP contribution in [0.3, 0.4) is 0 Å². The standard InChI is InChI=1S/C12H15NO/c1-8-5-9(2)11(10(3)6-8)12(4,14)7-13/h5-6,14H,1-4H3. The molecule has 0 aliphatic rings. The summed E-state index contributed by atoms with van der Waals surface area (Å²) in [4.78, 5) is 0. The summed E-state index contributed by atoms with van der Waals surface area (Å²) in [5.41, 5.74) is 2.42. The van der Waals surface area contributed by atoms with Crippen LogP contribution in [-0.4, -0.2) is 5.11 Å². The van der Waals surface area contributed by atoms with Crippen LogP contribution in [0.25, 0.3) is 0 Å². The molecule has 0 radical (unpaired) electrons. The predicted octanol–water partition coefficient (Wildman–Crippen LogP) is 2.34. The first-order chi connectivity index (χ1) is 6.38. The monoisotopic (exact) mass is 189 g/mol. The van der Waals surface area contributed by atoms with Crippen LogP contribution in [0.4, 0.5) is 0 Å². The van der Waals surface area contributed by atoms with Crippen molar-refractivity contribution in [3.8, 4) is 6.07 Å². The fraction of sp³-hybridized carbons (Fsp3) is 0.417. The van der Waals surface area contributed by atoms with E-state index >= 15 is 0 Å². The first kappa shape index (κ1) is 10.7. The summed E-state index contributed by atoms with van der Waals surface area (Å²) < 4.78 is 0. The van der Waals surface area contributed by atoms with Gasteiger partial charge in [0, 0.05) is 5.56 Å². The minimum absolute atomic E-state index is 0.727. The van der Waals surface area contributed by atoms with Gasteiger partial charge in [0.25, 0.3) is 0 Å². The minimum Gasteiger partial charge on any atom is -0.372 e. The molecule has 0 saturated carbocycles. The van der Waals surface area contributed by atoms with Crippen molar-refractivity contribution in [3.05, 3.63) is 34.4 Å². The van der Waals surface area contributed by atoms with Crippen LogP contribution in [0.15, 0.2) is 12.1 Å². The number of aryl methyl sites for hydroxylation is 3. The molecule has 2 heteroatoms. The van der Waals surface area contributed by atoms with E-state index in [1.807, 2.05) is 39.0 Å². The van der Waals surface area contributed by atoms with Gasteiger partial charge in [-0.2, -0.15) is 5.26 Å². The first-order valence-corrected chi connectivity index (χ1v) is 4.60. The highest BCUT2D eigenvalue weighted by Crippen LogP contribution is 2.27. The van der Waals surface area contributed by atoms with Crippen LogP contribution in [0.5, 0.6) is 0 Å². The van der Waals surface area contributed by atoms with Crippen LogP contribution >= 0.6 is 0 Å². The minimum atomic E-state index is -1.39. The summed E-state index contributed by atoms with van der Waals surface area (Å²) in [5.74, 6) is 0. The molecule has 74 valence electrons. The Morgan fingerprint density at radius 1 is 1.21 bits per heavy atom. The Bertz CT molecular complexity index is 376. The third-order valence-electron chi connectivity index (χ3n) is 2.38. The summed E-state index contributed by atoms with van der Waals surface area (Å²) in [7, 11) is 0. The molecule has 0 spiro atoms. The summed E-state index contributed by atoms with van der Waals surface area (Å²) in [6.45, 7) is 7.37. The lowest BCUT2D eigenvalue weighted by molar-refractivity contribution is 0.118. The second-order valence-corrected chi connectivity index (χ2v) is 3.96. The molecule has 1 rings (SSSR count). The van der Waals surface area contributed by atoms with Crippen molar-refractivity contribution in [1.82, 2.24) is 0 Å². The number of nitriles is 1. The second kappa shape index (κ2) is 3.43. The molecule has 0 aromatic heterocycles. The summed E-state index contributed by atoms with van der Waals surface area (Å²) >= 11 is 0. The van der Waals surface area contributed by atoms with Crippen LogP contribution in [0, 0.1) is 32.1 Å². The Balaban J connectivity index is 3.44. The van der Waals surface area contributed by atoms with Gasteiger partial charge >= 0.3 is 0 Å². The van der Waals surface area contributed by atoms with E-state index in [0.717, 1.165) is 22.3 Å². The normalized spacial score (nSPS) is 14.6. The zero-order valence-corrected chi connectivity index (χ0v) is 9.05. The third-order valence-corrected chi connectivity index (χ3v) is 2.38. The molecule has 1 atom stereocenters. The summed E-state index contributed by atoms with van der Waals surface area (Å²) in [6, 6.07) is 5.87. The van der Waals surface area contributed by atoms with E-state index in [9.17, 15) is 5.11 Å². The largest absolute Gasteiger partial charge is 0.372 e. The second-order valence-electron chi connectivity index (χ2n) is 3.96.